The first kappa shape index (κ1) is 6.66. The standard InChI is InChI=1S/C9H17N/c1-2-8-5-6-9-4-3-7-10(8)9/h8-9H,2-7H2,1H3. The van der Waals surface area contributed by atoms with E-state index >= 15 is 0 Å². The third kappa shape index (κ3) is 0.878. The molecule has 1 nitrogen and oxygen atoms in total. The molecule has 2 atom stereocenters. The SMILES string of the molecule is CCC1CCC2CCCN12. The predicted octanol–water partition coefficient (Wildman–Crippen LogP) is 2.02. The minimum absolute atomic E-state index is 0.951. The van der Waals surface area contributed by atoms with Crippen molar-refractivity contribution in [3.8, 4) is 0 Å². The molecule has 2 saturated heterocycles. The van der Waals surface area contributed by atoms with Crippen molar-refractivity contribution in [3.05, 3.63) is 0 Å². The van der Waals surface area contributed by atoms with Crippen molar-refractivity contribution in [3.63, 3.8) is 0 Å². The first-order valence-electron chi connectivity index (χ1n) is 4.67. The molecule has 2 rings (SSSR count). The smallest absolute Gasteiger partial charge is 0.00992 e. The van der Waals surface area contributed by atoms with E-state index in [0.29, 0.717) is 0 Å². The molecule has 2 aliphatic heterocycles. The van der Waals surface area contributed by atoms with E-state index in [0.717, 1.165) is 12.1 Å². The van der Waals surface area contributed by atoms with Gasteiger partial charge in [0.25, 0.3) is 0 Å². The van der Waals surface area contributed by atoms with Crippen molar-refractivity contribution in [1.29, 1.82) is 0 Å². The van der Waals surface area contributed by atoms with Crippen LogP contribution in [-0.4, -0.2) is 23.5 Å². The van der Waals surface area contributed by atoms with Crippen LogP contribution in [0.4, 0.5) is 0 Å². The molecule has 0 radical (unpaired) electrons. The lowest BCUT2D eigenvalue weighted by Crippen LogP contribution is -2.30. The zero-order chi connectivity index (χ0) is 6.97. The molecule has 58 valence electrons. The maximum absolute atomic E-state index is 2.74. The van der Waals surface area contributed by atoms with Gasteiger partial charge in [0.15, 0.2) is 0 Å². The van der Waals surface area contributed by atoms with Crippen LogP contribution in [0, 0.1) is 0 Å². The van der Waals surface area contributed by atoms with Crippen LogP contribution in [0.5, 0.6) is 0 Å². The zero-order valence-electron chi connectivity index (χ0n) is 6.84. The molecule has 0 aromatic rings. The summed E-state index contributed by atoms with van der Waals surface area (Å²) in [5.74, 6) is 0. The van der Waals surface area contributed by atoms with Crippen LogP contribution in [0.3, 0.4) is 0 Å². The molecule has 0 bridgehead atoms. The topological polar surface area (TPSA) is 3.24 Å². The summed E-state index contributed by atoms with van der Waals surface area (Å²) in [5.41, 5.74) is 0. The van der Waals surface area contributed by atoms with Gasteiger partial charge in [-0.3, -0.25) is 4.90 Å². The largest absolute Gasteiger partial charge is 0.297 e. The Kier molecular flexibility index (Phi) is 1.69. The Hall–Kier alpha value is -0.0400. The van der Waals surface area contributed by atoms with Crippen molar-refractivity contribution in [2.75, 3.05) is 6.54 Å². The summed E-state index contributed by atoms with van der Waals surface area (Å²) in [6, 6.07) is 1.94. The van der Waals surface area contributed by atoms with Gasteiger partial charge in [0.05, 0.1) is 0 Å². The van der Waals surface area contributed by atoms with E-state index in [1.54, 1.807) is 0 Å². The average molecular weight is 139 g/mol. The van der Waals surface area contributed by atoms with Gasteiger partial charge in [0, 0.05) is 12.1 Å². The fraction of sp³-hybridized carbons (Fsp3) is 1.00. The van der Waals surface area contributed by atoms with E-state index in [2.05, 4.69) is 11.8 Å². The highest BCUT2D eigenvalue weighted by molar-refractivity contribution is 4.90. The maximum atomic E-state index is 2.74. The Morgan fingerprint density at radius 3 is 3.00 bits per heavy atom. The lowest BCUT2D eigenvalue weighted by molar-refractivity contribution is 0.240. The zero-order valence-corrected chi connectivity index (χ0v) is 6.84. The Balaban J connectivity index is 2.01. The van der Waals surface area contributed by atoms with Crippen molar-refractivity contribution in [1.82, 2.24) is 4.90 Å². The summed E-state index contributed by atoms with van der Waals surface area (Å²) in [4.78, 5) is 2.74. The first-order chi connectivity index (χ1) is 4.92. The summed E-state index contributed by atoms with van der Waals surface area (Å²) in [6.07, 6.45) is 7.27. The maximum Gasteiger partial charge on any atom is 0.00992 e. The molecule has 0 spiro atoms. The fourth-order valence-electron chi connectivity index (χ4n) is 2.64. The summed E-state index contributed by atoms with van der Waals surface area (Å²) in [5, 5.41) is 0. The number of nitrogens with zero attached hydrogens (tertiary/aromatic N) is 1. The van der Waals surface area contributed by atoms with E-state index < -0.39 is 0 Å². The van der Waals surface area contributed by atoms with E-state index in [1.165, 1.54) is 38.6 Å². The monoisotopic (exact) mass is 139 g/mol. The summed E-state index contributed by atoms with van der Waals surface area (Å²) in [6.45, 7) is 3.72. The fourth-order valence-corrected chi connectivity index (χ4v) is 2.64. The Morgan fingerprint density at radius 2 is 2.20 bits per heavy atom. The molecule has 0 N–H and O–H groups in total. The molecule has 2 aliphatic rings. The Labute approximate surface area is 63.4 Å². The van der Waals surface area contributed by atoms with Gasteiger partial charge in [-0.15, -0.1) is 0 Å². The van der Waals surface area contributed by atoms with Gasteiger partial charge in [-0.1, -0.05) is 6.92 Å². The highest BCUT2D eigenvalue weighted by Crippen LogP contribution is 2.33. The van der Waals surface area contributed by atoms with E-state index in [-0.39, 0.29) is 0 Å². The van der Waals surface area contributed by atoms with Crippen molar-refractivity contribution < 1.29 is 0 Å². The molecule has 0 aliphatic carbocycles. The molecule has 10 heavy (non-hydrogen) atoms. The Bertz CT molecular complexity index is 122. The number of rotatable bonds is 1. The minimum atomic E-state index is 0.951. The van der Waals surface area contributed by atoms with Gasteiger partial charge in [0.1, 0.15) is 0 Å². The second-order valence-corrected chi connectivity index (χ2v) is 3.67. The normalized spacial score (nSPS) is 40.5. The third-order valence-electron chi connectivity index (χ3n) is 3.20. The molecule has 0 amide bonds. The van der Waals surface area contributed by atoms with E-state index in [1.807, 2.05) is 0 Å². The van der Waals surface area contributed by atoms with Crippen LogP contribution in [0.15, 0.2) is 0 Å². The van der Waals surface area contributed by atoms with Crippen LogP contribution < -0.4 is 0 Å². The van der Waals surface area contributed by atoms with E-state index in [4.69, 9.17) is 0 Å². The second kappa shape index (κ2) is 2.54. The van der Waals surface area contributed by atoms with Gasteiger partial charge < -0.3 is 0 Å². The quantitative estimate of drug-likeness (QED) is 0.537. The van der Waals surface area contributed by atoms with Crippen LogP contribution in [0.1, 0.15) is 39.0 Å². The molecule has 2 heterocycles. The lowest BCUT2D eigenvalue weighted by atomic mass is 10.1. The second-order valence-electron chi connectivity index (χ2n) is 3.67. The van der Waals surface area contributed by atoms with E-state index in [9.17, 15) is 0 Å². The number of hydrogen-bond donors (Lipinski definition) is 0. The van der Waals surface area contributed by atoms with Crippen LogP contribution in [0.2, 0.25) is 0 Å². The summed E-state index contributed by atoms with van der Waals surface area (Å²) in [7, 11) is 0. The molecule has 2 unspecified atom stereocenters. The molecular weight excluding hydrogens is 122 g/mol. The van der Waals surface area contributed by atoms with Gasteiger partial charge in [-0.2, -0.15) is 0 Å². The number of hydrogen-bond acceptors (Lipinski definition) is 1. The Morgan fingerprint density at radius 1 is 1.30 bits per heavy atom. The molecule has 0 aromatic carbocycles. The molecule has 0 aromatic heterocycles. The van der Waals surface area contributed by atoms with Gasteiger partial charge in [-0.05, 0) is 38.6 Å². The molecular formula is C9H17N. The van der Waals surface area contributed by atoms with Gasteiger partial charge in [0.2, 0.25) is 0 Å². The van der Waals surface area contributed by atoms with Crippen LogP contribution in [0.25, 0.3) is 0 Å². The first-order valence-corrected chi connectivity index (χ1v) is 4.67. The van der Waals surface area contributed by atoms with Gasteiger partial charge >= 0.3 is 0 Å². The lowest BCUT2D eigenvalue weighted by Gasteiger charge is -2.21. The van der Waals surface area contributed by atoms with Crippen LogP contribution in [-0.2, 0) is 0 Å². The molecule has 1 heteroatoms. The highest BCUT2D eigenvalue weighted by Gasteiger charge is 2.34. The molecule has 2 fully saturated rings. The van der Waals surface area contributed by atoms with Crippen molar-refractivity contribution in [2.45, 2.75) is 51.1 Å². The minimum Gasteiger partial charge on any atom is -0.297 e. The average Bonchev–Trinajstić information content (AvgIpc) is 2.44. The highest BCUT2D eigenvalue weighted by atomic mass is 15.2. The van der Waals surface area contributed by atoms with Crippen molar-refractivity contribution >= 4 is 0 Å². The van der Waals surface area contributed by atoms with Crippen molar-refractivity contribution in [2.24, 2.45) is 0 Å². The summed E-state index contributed by atoms with van der Waals surface area (Å²) >= 11 is 0. The number of fused-ring (bicyclic) bond motifs is 1. The summed E-state index contributed by atoms with van der Waals surface area (Å²) < 4.78 is 0. The third-order valence-corrected chi connectivity index (χ3v) is 3.20. The van der Waals surface area contributed by atoms with Gasteiger partial charge in [-0.25, -0.2) is 0 Å². The molecule has 0 saturated carbocycles. The predicted molar refractivity (Wildman–Crippen MR) is 43.0 cm³/mol. The van der Waals surface area contributed by atoms with Crippen LogP contribution >= 0.6 is 0 Å².